The molecule has 0 unspecified atom stereocenters. The molecule has 4 aliphatic heterocycles. The maximum absolute atomic E-state index is 6.81. The Morgan fingerprint density at radius 2 is 0.524 bits per heavy atom. The van der Waals surface area contributed by atoms with E-state index in [4.69, 9.17) is 4.42 Å². The Balaban J connectivity index is 0.000000145. The Morgan fingerprint density at radius 1 is 0.206 bits per heavy atom. The van der Waals surface area contributed by atoms with Crippen LogP contribution >= 0.6 is 34.0 Å². The van der Waals surface area contributed by atoms with Gasteiger partial charge in [0.2, 0.25) is 0 Å². The van der Waals surface area contributed by atoms with Crippen molar-refractivity contribution in [3.63, 3.8) is 0 Å². The topological polar surface area (TPSA) is 35.8 Å². The maximum Gasteiger partial charge on any atom is 0.137 e. The predicted octanol–water partition coefficient (Wildman–Crippen LogP) is 35.2. The Hall–Kier alpha value is -15.0. The number of fused-ring (bicyclic) bond motifs is 23. The first-order valence-corrected chi connectivity index (χ1v) is 46.0. The molecule has 4 aromatic heterocycles. The minimum absolute atomic E-state index is 0.280. The number of hydrogen-bond acceptors (Lipinski definition) is 11. The lowest BCUT2D eigenvalue weighted by Gasteiger charge is -2.43. The standard InChI is InChI=1S/C68H40N4OS2.C47H39N3S/c1-3-24-46-44(22-1)65(71-54-31-11-8-28-51(54)69(52-29-9-12-32-55(52)71)57-34-17-26-48-42-20-6-15-37-63(42)74-67(48)57)45-23-2-4-25-47(45)66(46)72-56-33-13-10-30-53(56)70(58-35-18-27-49-43-21-7-16-38-64(43)75-68(49)58)59-39-50-41-19-5-14-36-61(41)73-62(50)40-60(59)72;1-29(2)47-34-16-5-8-20-39(34)49(40-21-9-6-17-35(40)47)37-24-13-19-32-31(37)18-14-25-38(32)50-42-23-11-10-22-41(42)48(30(3)4)43-27-36-33-15-7-12-26-45(33)51-46(36)28-44(43)50/h1-40H;5-30,47H,1-4H3. The van der Waals surface area contributed by atoms with Gasteiger partial charge in [-0.2, -0.15) is 0 Å². The summed E-state index contributed by atoms with van der Waals surface area (Å²) >= 11 is 5.62. The van der Waals surface area contributed by atoms with Gasteiger partial charge in [-0.15, -0.1) is 34.0 Å². The van der Waals surface area contributed by atoms with E-state index < -0.39 is 0 Å². The maximum atomic E-state index is 6.81. The molecule has 0 saturated carbocycles. The molecule has 4 aliphatic rings. The summed E-state index contributed by atoms with van der Waals surface area (Å²) in [6.07, 6.45) is 0. The Bertz CT molecular complexity index is 8350. The van der Waals surface area contributed by atoms with Crippen LogP contribution in [-0.2, 0) is 0 Å². The third-order valence-electron chi connectivity index (χ3n) is 26.5. The van der Waals surface area contributed by atoms with Crippen molar-refractivity contribution >= 4 is 263 Å². The second-order valence-electron chi connectivity index (χ2n) is 34.1. The molecule has 0 amide bonds. The van der Waals surface area contributed by atoms with Gasteiger partial charge in [-0.1, -0.05) is 269 Å². The van der Waals surface area contributed by atoms with Crippen LogP contribution in [0.15, 0.2) is 393 Å². The normalized spacial score (nSPS) is 13.6. The van der Waals surface area contributed by atoms with Crippen LogP contribution in [0.2, 0.25) is 0 Å². The van der Waals surface area contributed by atoms with Gasteiger partial charge in [0.1, 0.15) is 11.2 Å². The smallest absolute Gasteiger partial charge is 0.137 e. The first-order valence-electron chi connectivity index (χ1n) is 43.5. The second kappa shape index (κ2) is 28.3. The summed E-state index contributed by atoms with van der Waals surface area (Å²) in [5.41, 5.74) is 27.7. The summed E-state index contributed by atoms with van der Waals surface area (Å²) < 4.78 is 14.5. The molecule has 0 spiro atoms. The van der Waals surface area contributed by atoms with E-state index in [1.54, 1.807) is 0 Å². The van der Waals surface area contributed by atoms with Crippen LogP contribution in [0, 0.1) is 5.92 Å². The average molecular weight is 1670 g/mol. The molecule has 0 fully saturated rings. The van der Waals surface area contributed by atoms with Crippen molar-refractivity contribution in [3.05, 3.63) is 399 Å². The van der Waals surface area contributed by atoms with Crippen molar-refractivity contribution in [1.82, 2.24) is 0 Å². The number of furan rings is 1. The number of anilines is 20. The Kier molecular flexibility index (Phi) is 16.3. The van der Waals surface area contributed by atoms with E-state index in [9.17, 15) is 0 Å². The zero-order valence-corrected chi connectivity index (χ0v) is 71.9. The molecule has 8 heterocycles. The molecule has 0 aliphatic carbocycles. The molecule has 19 aromatic carbocycles. The van der Waals surface area contributed by atoms with Gasteiger partial charge >= 0.3 is 0 Å². The first-order chi connectivity index (χ1) is 62.2. The molecule has 0 atom stereocenters. The minimum Gasteiger partial charge on any atom is -0.456 e. The van der Waals surface area contributed by atoms with E-state index in [1.807, 2.05) is 34.0 Å². The lowest BCUT2D eigenvalue weighted by molar-refractivity contribution is 0.560. The molecule has 11 heteroatoms. The molecular formula is C115H79N7OS3. The highest BCUT2D eigenvalue weighted by molar-refractivity contribution is 7.27. The zero-order valence-electron chi connectivity index (χ0n) is 69.4. The van der Waals surface area contributed by atoms with Gasteiger partial charge in [0.15, 0.2) is 0 Å². The van der Waals surface area contributed by atoms with Gasteiger partial charge in [-0.25, -0.2) is 0 Å². The zero-order chi connectivity index (χ0) is 83.3. The molecule has 0 N–H and O–H groups in total. The molecule has 27 rings (SSSR count). The predicted molar refractivity (Wildman–Crippen MR) is 541 cm³/mol. The van der Waals surface area contributed by atoms with E-state index in [2.05, 4.69) is 450 Å². The van der Waals surface area contributed by atoms with Crippen molar-refractivity contribution in [2.75, 3.05) is 34.3 Å². The van der Waals surface area contributed by atoms with Crippen molar-refractivity contribution in [3.8, 4) is 0 Å². The summed E-state index contributed by atoms with van der Waals surface area (Å²) in [5.74, 6) is 0.820. The lowest BCUT2D eigenvalue weighted by Crippen LogP contribution is -2.32. The van der Waals surface area contributed by atoms with Gasteiger partial charge in [-0.3, -0.25) is 0 Å². The number of nitrogens with zero attached hydrogens (tertiary/aromatic N) is 7. The highest BCUT2D eigenvalue weighted by Crippen LogP contribution is 2.65. The summed E-state index contributed by atoms with van der Waals surface area (Å²) in [6.45, 7) is 9.29. The molecule has 0 saturated heterocycles. The fraction of sp³-hybridized carbons (Fsp3) is 0.0609. The van der Waals surface area contributed by atoms with Gasteiger partial charge in [0.05, 0.1) is 112 Å². The minimum atomic E-state index is 0.280. The molecular weight excluding hydrogens is 1590 g/mol. The molecule has 0 bridgehead atoms. The summed E-state index contributed by atoms with van der Waals surface area (Å²) in [4.78, 5) is 17.6. The second-order valence-corrected chi connectivity index (χ2v) is 37.3. The number of hydrogen-bond donors (Lipinski definition) is 0. The average Bonchev–Trinajstić information content (AvgIpc) is 0.871. The highest BCUT2D eigenvalue weighted by atomic mass is 32.1. The first kappa shape index (κ1) is 72.6. The van der Waals surface area contributed by atoms with Gasteiger partial charge in [0.25, 0.3) is 0 Å². The van der Waals surface area contributed by atoms with Crippen LogP contribution in [0.25, 0.3) is 115 Å². The number of thiophene rings is 3. The fourth-order valence-corrected chi connectivity index (χ4v) is 25.0. The number of benzene rings is 19. The van der Waals surface area contributed by atoms with Gasteiger partial charge in [0, 0.05) is 124 Å². The quantitative estimate of drug-likeness (QED) is 0.139. The van der Waals surface area contributed by atoms with E-state index in [-0.39, 0.29) is 6.04 Å². The molecule has 126 heavy (non-hydrogen) atoms. The number of rotatable bonds is 8. The Labute approximate surface area is 740 Å². The van der Waals surface area contributed by atoms with Crippen LogP contribution in [0.5, 0.6) is 0 Å². The van der Waals surface area contributed by atoms with Crippen LogP contribution in [-0.4, -0.2) is 6.04 Å². The third-order valence-corrected chi connectivity index (χ3v) is 30.1. The summed E-state index contributed by atoms with van der Waals surface area (Å²) in [5, 5.41) is 17.0. The van der Waals surface area contributed by atoms with Crippen LogP contribution in [0.4, 0.5) is 114 Å². The molecule has 0 radical (unpaired) electrons. The fourth-order valence-electron chi connectivity index (χ4n) is 21.4. The van der Waals surface area contributed by atoms with Gasteiger partial charge < -0.3 is 38.7 Å². The van der Waals surface area contributed by atoms with E-state index >= 15 is 0 Å². The lowest BCUT2D eigenvalue weighted by atomic mass is 9.78. The largest absolute Gasteiger partial charge is 0.456 e. The van der Waals surface area contributed by atoms with Crippen LogP contribution < -0.4 is 34.3 Å². The number of para-hydroxylation sites is 11. The van der Waals surface area contributed by atoms with E-state index in [0.717, 1.165) is 106 Å². The third kappa shape index (κ3) is 10.7. The monoisotopic (exact) mass is 1670 g/mol. The summed E-state index contributed by atoms with van der Waals surface area (Å²) in [7, 11) is 0. The van der Waals surface area contributed by atoms with E-state index in [0.29, 0.717) is 11.8 Å². The van der Waals surface area contributed by atoms with Crippen molar-refractivity contribution in [2.45, 2.75) is 39.7 Å². The van der Waals surface area contributed by atoms with Crippen molar-refractivity contribution in [2.24, 2.45) is 5.92 Å². The molecule has 598 valence electrons. The van der Waals surface area contributed by atoms with Gasteiger partial charge in [-0.05, 0) is 158 Å². The highest BCUT2D eigenvalue weighted by Gasteiger charge is 2.41. The summed E-state index contributed by atoms with van der Waals surface area (Å²) in [6, 6.07) is 144. The van der Waals surface area contributed by atoms with Crippen LogP contribution in [0.1, 0.15) is 44.7 Å². The van der Waals surface area contributed by atoms with Crippen molar-refractivity contribution in [1.29, 1.82) is 0 Å². The Morgan fingerprint density at radius 3 is 1.01 bits per heavy atom. The van der Waals surface area contributed by atoms with Crippen molar-refractivity contribution < 1.29 is 4.42 Å². The van der Waals surface area contributed by atoms with E-state index in [1.165, 1.54) is 134 Å². The SMILES string of the molecule is CC(C)C1c2ccccc2N(c2cccc3c(N4c5ccccc5N(C(C)C)c5cc6c(cc54)sc4ccccc46)cccc23)c2ccccc21.c1ccc2c(c1)N(c1c3ccccc3c(N3c4ccccc4N(c4cccc5c4sc4ccccc45)c4cc5c(cc43)oc3ccccc35)c3ccccc13)c1ccccc1N2c1cccc2c1sc1ccccc12. The molecule has 8 nitrogen and oxygen atoms in total. The van der Waals surface area contributed by atoms with Crippen LogP contribution in [0.3, 0.4) is 0 Å². The molecule has 23 aromatic rings.